The summed E-state index contributed by atoms with van der Waals surface area (Å²) in [5.41, 5.74) is -1.17. The topological polar surface area (TPSA) is 46.5 Å². The molecule has 2 aromatic rings. The Hall–Kier alpha value is -1.92. The average molecular weight is 351 g/mol. The lowest BCUT2D eigenvalue weighted by atomic mass is 10.2. The first-order valence-electron chi connectivity index (χ1n) is 5.76. The highest BCUT2D eigenvalue weighted by atomic mass is 35.5. The van der Waals surface area contributed by atoms with Gasteiger partial charge in [0.15, 0.2) is 0 Å². The van der Waals surface area contributed by atoms with Crippen molar-refractivity contribution in [2.75, 3.05) is 0 Å². The Bertz CT molecular complexity index is 730. The predicted molar refractivity (Wildman–Crippen MR) is 74.9 cm³/mol. The summed E-state index contributed by atoms with van der Waals surface area (Å²) in [5.74, 6) is -1.22. The van der Waals surface area contributed by atoms with Crippen molar-refractivity contribution in [2.24, 2.45) is 0 Å². The minimum atomic E-state index is -4.61. The molecule has 2 aromatic carbocycles. The average Bonchev–Trinajstić information content (AvgIpc) is 2.39. The third-order valence-corrected chi connectivity index (χ3v) is 3.29. The maximum absolute atomic E-state index is 12.7. The normalized spacial score (nSPS) is 11.3. The molecule has 0 aliphatic carbocycles. The SMILES string of the molecule is O=C(O)c1ccc(Oc2ccc(Cl)c(C(F)(F)F)c2)cc1Cl. The third-order valence-electron chi connectivity index (χ3n) is 2.65. The van der Waals surface area contributed by atoms with Crippen LogP contribution in [0, 0.1) is 0 Å². The molecule has 3 nitrogen and oxygen atoms in total. The largest absolute Gasteiger partial charge is 0.478 e. The van der Waals surface area contributed by atoms with Gasteiger partial charge in [-0.05, 0) is 30.3 Å². The zero-order valence-corrected chi connectivity index (χ0v) is 12.1. The predicted octanol–water partition coefficient (Wildman–Crippen LogP) is 5.50. The molecule has 0 radical (unpaired) electrons. The molecular formula is C14H7Cl2F3O3. The van der Waals surface area contributed by atoms with E-state index in [4.69, 9.17) is 33.0 Å². The standard InChI is InChI=1S/C14H7Cl2F3O3/c15-11-4-2-7(5-10(11)14(17,18)19)22-8-1-3-9(13(20)21)12(16)6-8/h1-6H,(H,20,21). The number of hydrogen-bond acceptors (Lipinski definition) is 2. The second-order valence-electron chi connectivity index (χ2n) is 4.19. The van der Waals surface area contributed by atoms with Gasteiger partial charge in [-0.3, -0.25) is 0 Å². The van der Waals surface area contributed by atoms with Crippen LogP contribution in [0.4, 0.5) is 13.2 Å². The van der Waals surface area contributed by atoms with Crippen LogP contribution in [0.3, 0.4) is 0 Å². The number of halogens is 5. The zero-order valence-electron chi connectivity index (χ0n) is 10.6. The molecule has 0 fully saturated rings. The maximum atomic E-state index is 12.7. The van der Waals surface area contributed by atoms with Crippen LogP contribution < -0.4 is 4.74 Å². The van der Waals surface area contributed by atoms with Gasteiger partial charge in [0.1, 0.15) is 11.5 Å². The first-order chi connectivity index (χ1) is 10.2. The highest BCUT2D eigenvalue weighted by molar-refractivity contribution is 6.33. The van der Waals surface area contributed by atoms with Crippen molar-refractivity contribution in [3.8, 4) is 11.5 Å². The van der Waals surface area contributed by atoms with Crippen LogP contribution in [0.2, 0.25) is 10.0 Å². The van der Waals surface area contributed by atoms with Gasteiger partial charge in [-0.15, -0.1) is 0 Å². The van der Waals surface area contributed by atoms with E-state index >= 15 is 0 Å². The van der Waals surface area contributed by atoms with Crippen molar-refractivity contribution in [1.82, 2.24) is 0 Å². The Morgan fingerprint density at radius 2 is 1.59 bits per heavy atom. The minimum Gasteiger partial charge on any atom is -0.478 e. The Kier molecular flexibility index (Phi) is 4.53. The molecule has 2 rings (SSSR count). The Balaban J connectivity index is 2.32. The zero-order chi connectivity index (χ0) is 16.5. The molecule has 116 valence electrons. The fourth-order valence-electron chi connectivity index (χ4n) is 1.65. The van der Waals surface area contributed by atoms with Crippen LogP contribution in [0.1, 0.15) is 15.9 Å². The smallest absolute Gasteiger partial charge is 0.417 e. The van der Waals surface area contributed by atoms with E-state index < -0.39 is 22.7 Å². The maximum Gasteiger partial charge on any atom is 0.417 e. The van der Waals surface area contributed by atoms with Crippen molar-refractivity contribution >= 4 is 29.2 Å². The number of hydrogen-bond donors (Lipinski definition) is 1. The molecule has 0 aliphatic rings. The van der Waals surface area contributed by atoms with Gasteiger partial charge in [0.25, 0.3) is 0 Å². The summed E-state index contributed by atoms with van der Waals surface area (Å²) in [6.07, 6.45) is -4.61. The highest BCUT2D eigenvalue weighted by Gasteiger charge is 2.33. The van der Waals surface area contributed by atoms with E-state index in [1.165, 1.54) is 24.3 Å². The van der Waals surface area contributed by atoms with Crippen LogP contribution >= 0.6 is 23.2 Å². The molecule has 0 amide bonds. The monoisotopic (exact) mass is 350 g/mol. The molecule has 8 heteroatoms. The molecule has 0 saturated heterocycles. The fourth-order valence-corrected chi connectivity index (χ4v) is 2.13. The summed E-state index contributed by atoms with van der Waals surface area (Å²) >= 11 is 11.3. The lowest BCUT2D eigenvalue weighted by molar-refractivity contribution is -0.137. The van der Waals surface area contributed by atoms with E-state index in [2.05, 4.69) is 0 Å². The number of benzene rings is 2. The summed E-state index contributed by atoms with van der Waals surface area (Å²) < 4.78 is 43.5. The van der Waals surface area contributed by atoms with Gasteiger partial charge in [0.2, 0.25) is 0 Å². The molecule has 0 spiro atoms. The third kappa shape index (κ3) is 3.64. The van der Waals surface area contributed by atoms with Gasteiger partial charge in [0, 0.05) is 6.07 Å². The number of alkyl halides is 3. The lowest BCUT2D eigenvalue weighted by Crippen LogP contribution is -2.06. The van der Waals surface area contributed by atoms with Crippen molar-refractivity contribution < 1.29 is 27.8 Å². The highest BCUT2D eigenvalue weighted by Crippen LogP contribution is 2.38. The lowest BCUT2D eigenvalue weighted by Gasteiger charge is -2.12. The van der Waals surface area contributed by atoms with E-state index in [9.17, 15) is 18.0 Å². The summed E-state index contributed by atoms with van der Waals surface area (Å²) in [7, 11) is 0. The Morgan fingerprint density at radius 1 is 1.00 bits per heavy atom. The minimum absolute atomic E-state index is 0.0880. The van der Waals surface area contributed by atoms with Gasteiger partial charge >= 0.3 is 12.1 Å². The molecular weight excluding hydrogens is 344 g/mol. The van der Waals surface area contributed by atoms with Crippen LogP contribution in [0.15, 0.2) is 36.4 Å². The van der Waals surface area contributed by atoms with E-state index in [0.29, 0.717) is 0 Å². The summed E-state index contributed by atoms with van der Waals surface area (Å²) in [4.78, 5) is 10.8. The van der Waals surface area contributed by atoms with E-state index in [1.807, 2.05) is 0 Å². The number of ether oxygens (including phenoxy) is 1. The molecule has 22 heavy (non-hydrogen) atoms. The summed E-state index contributed by atoms with van der Waals surface area (Å²) in [6.45, 7) is 0. The molecule has 0 atom stereocenters. The van der Waals surface area contributed by atoms with Gasteiger partial charge in [-0.2, -0.15) is 13.2 Å². The molecule has 0 heterocycles. The first-order valence-corrected chi connectivity index (χ1v) is 6.51. The number of carboxylic acid groups (broad SMARTS) is 1. The van der Waals surface area contributed by atoms with Gasteiger partial charge in [0.05, 0.1) is 21.2 Å². The van der Waals surface area contributed by atoms with Crippen LogP contribution in [0.25, 0.3) is 0 Å². The van der Waals surface area contributed by atoms with Crippen molar-refractivity contribution in [3.63, 3.8) is 0 Å². The Labute approximate surface area is 132 Å². The molecule has 0 saturated carbocycles. The summed E-state index contributed by atoms with van der Waals surface area (Å²) in [5, 5.41) is 8.30. The van der Waals surface area contributed by atoms with Gasteiger partial charge in [-0.25, -0.2) is 4.79 Å². The molecule has 0 unspecified atom stereocenters. The molecule has 1 N–H and O–H groups in total. The number of rotatable bonds is 3. The summed E-state index contributed by atoms with van der Waals surface area (Å²) in [6, 6.07) is 6.76. The van der Waals surface area contributed by atoms with E-state index in [1.54, 1.807) is 0 Å². The van der Waals surface area contributed by atoms with Crippen molar-refractivity contribution in [2.45, 2.75) is 6.18 Å². The first kappa shape index (κ1) is 16.5. The molecule has 0 bridgehead atoms. The quantitative estimate of drug-likeness (QED) is 0.794. The fraction of sp³-hybridized carbons (Fsp3) is 0.0714. The van der Waals surface area contributed by atoms with Crippen LogP contribution in [0.5, 0.6) is 11.5 Å². The van der Waals surface area contributed by atoms with E-state index in [-0.39, 0.29) is 22.1 Å². The van der Waals surface area contributed by atoms with Crippen molar-refractivity contribution in [1.29, 1.82) is 0 Å². The van der Waals surface area contributed by atoms with Crippen LogP contribution in [-0.2, 0) is 6.18 Å². The van der Waals surface area contributed by atoms with Gasteiger partial charge in [-0.1, -0.05) is 23.2 Å². The molecule has 0 aromatic heterocycles. The second-order valence-corrected chi connectivity index (χ2v) is 5.00. The number of carbonyl (C=O) groups is 1. The van der Waals surface area contributed by atoms with Crippen LogP contribution in [-0.4, -0.2) is 11.1 Å². The number of carboxylic acids is 1. The Morgan fingerprint density at radius 3 is 2.14 bits per heavy atom. The second kappa shape index (κ2) is 6.06. The number of aromatic carboxylic acids is 1. The van der Waals surface area contributed by atoms with E-state index in [0.717, 1.165) is 12.1 Å². The van der Waals surface area contributed by atoms with Gasteiger partial charge < -0.3 is 9.84 Å². The molecule has 0 aliphatic heterocycles. The van der Waals surface area contributed by atoms with Crippen molar-refractivity contribution in [3.05, 3.63) is 57.6 Å².